The summed E-state index contributed by atoms with van der Waals surface area (Å²) in [6.07, 6.45) is 24.7. The van der Waals surface area contributed by atoms with Crippen molar-refractivity contribution in [1.82, 2.24) is 0 Å². The number of aldehydes is 1. The lowest BCUT2D eigenvalue weighted by Crippen LogP contribution is -1.79. The Bertz CT molecular complexity index is 228. The molecule has 0 aromatic carbocycles. The molecule has 110 valence electrons. The summed E-state index contributed by atoms with van der Waals surface area (Å²) < 4.78 is 0. The van der Waals surface area contributed by atoms with E-state index in [1.165, 1.54) is 64.2 Å². The van der Waals surface area contributed by atoms with Gasteiger partial charge in [-0.25, -0.2) is 0 Å². The number of unbranched alkanes of at least 4 members (excludes halogenated alkanes) is 9. The van der Waals surface area contributed by atoms with E-state index in [9.17, 15) is 4.79 Å². The molecule has 0 radical (unpaired) electrons. The predicted molar refractivity (Wildman–Crippen MR) is 85.4 cm³/mol. The van der Waals surface area contributed by atoms with Gasteiger partial charge in [-0.1, -0.05) is 69.8 Å². The molecule has 0 N–H and O–H groups in total. The molecule has 0 bridgehead atoms. The molecule has 0 amide bonds. The van der Waals surface area contributed by atoms with Crippen molar-refractivity contribution < 1.29 is 4.79 Å². The van der Waals surface area contributed by atoms with Crippen LogP contribution in [0.25, 0.3) is 0 Å². The van der Waals surface area contributed by atoms with Crippen LogP contribution in [0.1, 0.15) is 84.0 Å². The van der Waals surface area contributed by atoms with Crippen LogP contribution >= 0.6 is 0 Å². The summed E-state index contributed by atoms with van der Waals surface area (Å²) in [6, 6.07) is 0. The summed E-state index contributed by atoms with van der Waals surface area (Å²) in [6.45, 7) is 2.24. The maximum Gasteiger partial charge on any atom is 0.123 e. The molecule has 0 fully saturated rings. The first-order valence-electron chi connectivity index (χ1n) is 8.15. The van der Waals surface area contributed by atoms with Gasteiger partial charge in [0, 0.05) is 6.42 Å². The smallest absolute Gasteiger partial charge is 0.123 e. The highest BCUT2D eigenvalue weighted by molar-refractivity contribution is 5.51. The molecule has 0 heterocycles. The number of carbonyl (C=O) groups excluding carboxylic acids is 1. The van der Waals surface area contributed by atoms with Crippen LogP contribution in [0.5, 0.6) is 0 Å². The fourth-order valence-corrected chi connectivity index (χ4v) is 2.06. The zero-order valence-electron chi connectivity index (χ0n) is 12.8. The molecule has 0 aromatic rings. The molecule has 0 aliphatic rings. The van der Waals surface area contributed by atoms with Crippen molar-refractivity contribution in [3.8, 4) is 0 Å². The Morgan fingerprint density at radius 1 is 0.632 bits per heavy atom. The first-order valence-corrected chi connectivity index (χ1v) is 8.15. The van der Waals surface area contributed by atoms with Gasteiger partial charge >= 0.3 is 0 Å². The number of allylic oxidation sites excluding steroid dienone is 4. The van der Waals surface area contributed by atoms with Gasteiger partial charge in [0.1, 0.15) is 6.29 Å². The van der Waals surface area contributed by atoms with E-state index < -0.39 is 0 Å². The number of rotatable bonds is 14. The average Bonchev–Trinajstić information content (AvgIpc) is 2.43. The molecule has 0 atom stereocenters. The molecule has 0 unspecified atom stereocenters. The Labute approximate surface area is 120 Å². The summed E-state index contributed by atoms with van der Waals surface area (Å²) in [5.74, 6) is 0. The van der Waals surface area contributed by atoms with Crippen LogP contribution in [0.15, 0.2) is 24.3 Å². The summed E-state index contributed by atoms with van der Waals surface area (Å²) in [5.41, 5.74) is 0. The van der Waals surface area contributed by atoms with Crippen LogP contribution in [-0.4, -0.2) is 6.29 Å². The maximum atomic E-state index is 10.1. The lowest BCUT2D eigenvalue weighted by molar-refractivity contribution is -0.107. The first kappa shape index (κ1) is 18.1. The van der Waals surface area contributed by atoms with Gasteiger partial charge in [0.15, 0.2) is 0 Å². The molecule has 1 heteroatoms. The van der Waals surface area contributed by atoms with Crippen LogP contribution in [0.3, 0.4) is 0 Å². The van der Waals surface area contributed by atoms with Crippen molar-refractivity contribution in [2.45, 2.75) is 84.0 Å². The Balaban J connectivity index is 3.06. The van der Waals surface area contributed by atoms with Gasteiger partial charge in [0.05, 0.1) is 0 Å². The minimum atomic E-state index is 0.575. The fraction of sp³-hybridized carbons (Fsp3) is 0.722. The Hall–Kier alpha value is -0.850. The second kappa shape index (κ2) is 17.2. The van der Waals surface area contributed by atoms with Gasteiger partial charge < -0.3 is 4.79 Å². The monoisotopic (exact) mass is 264 g/mol. The van der Waals surface area contributed by atoms with Gasteiger partial charge in [-0.15, -0.1) is 0 Å². The standard InChI is InChI=1S/C18H32O/c1-2-3-4-5-6-7-8-9-10-11-12-13-14-15-16-17-18-19/h5-6,15-16,18H,2-4,7-14,17H2,1H3. The molecule has 0 rings (SSSR count). The van der Waals surface area contributed by atoms with Crippen molar-refractivity contribution in [2.24, 2.45) is 0 Å². The van der Waals surface area contributed by atoms with Gasteiger partial charge in [0.25, 0.3) is 0 Å². The quantitative estimate of drug-likeness (QED) is 0.214. The molecule has 0 spiro atoms. The van der Waals surface area contributed by atoms with Crippen molar-refractivity contribution in [3.05, 3.63) is 24.3 Å². The Kier molecular flexibility index (Phi) is 16.4. The maximum absolute atomic E-state index is 10.1. The summed E-state index contributed by atoms with van der Waals surface area (Å²) >= 11 is 0. The van der Waals surface area contributed by atoms with E-state index in [1.807, 2.05) is 6.08 Å². The Morgan fingerprint density at radius 3 is 1.63 bits per heavy atom. The molecular formula is C18H32O. The first-order chi connectivity index (χ1) is 9.41. The molecule has 0 saturated carbocycles. The average molecular weight is 264 g/mol. The second-order valence-corrected chi connectivity index (χ2v) is 5.19. The Morgan fingerprint density at radius 2 is 1.11 bits per heavy atom. The lowest BCUT2D eigenvalue weighted by Gasteiger charge is -1.99. The molecule has 0 aliphatic heterocycles. The van der Waals surface area contributed by atoms with Gasteiger partial charge in [-0.2, -0.15) is 0 Å². The zero-order chi connectivity index (χ0) is 14.0. The number of hydrogen-bond acceptors (Lipinski definition) is 1. The van der Waals surface area contributed by atoms with E-state index in [-0.39, 0.29) is 0 Å². The van der Waals surface area contributed by atoms with Crippen LogP contribution in [0.4, 0.5) is 0 Å². The summed E-state index contributed by atoms with van der Waals surface area (Å²) in [7, 11) is 0. The highest BCUT2D eigenvalue weighted by atomic mass is 16.1. The van der Waals surface area contributed by atoms with Gasteiger partial charge in [0.2, 0.25) is 0 Å². The van der Waals surface area contributed by atoms with Crippen LogP contribution < -0.4 is 0 Å². The third-order valence-electron chi connectivity index (χ3n) is 3.28. The third-order valence-corrected chi connectivity index (χ3v) is 3.28. The zero-order valence-corrected chi connectivity index (χ0v) is 12.8. The SMILES string of the molecule is CCCCC=CCCCCCCCCC=CCC=O. The van der Waals surface area contributed by atoms with E-state index >= 15 is 0 Å². The summed E-state index contributed by atoms with van der Waals surface area (Å²) in [4.78, 5) is 10.1. The normalized spacial score (nSPS) is 11.6. The molecular weight excluding hydrogens is 232 g/mol. The van der Waals surface area contributed by atoms with Crippen molar-refractivity contribution in [1.29, 1.82) is 0 Å². The van der Waals surface area contributed by atoms with Crippen molar-refractivity contribution in [3.63, 3.8) is 0 Å². The largest absolute Gasteiger partial charge is 0.303 e. The fourth-order valence-electron chi connectivity index (χ4n) is 2.06. The molecule has 19 heavy (non-hydrogen) atoms. The van der Waals surface area contributed by atoms with Crippen molar-refractivity contribution >= 4 is 6.29 Å². The van der Waals surface area contributed by atoms with Crippen LogP contribution in [0.2, 0.25) is 0 Å². The minimum absolute atomic E-state index is 0.575. The number of hydrogen-bond donors (Lipinski definition) is 0. The van der Waals surface area contributed by atoms with Gasteiger partial charge in [-0.05, 0) is 32.1 Å². The number of carbonyl (C=O) groups is 1. The van der Waals surface area contributed by atoms with E-state index in [0.717, 1.165) is 12.7 Å². The predicted octanol–water partition coefficient (Wildman–Crippen LogP) is 6.00. The molecule has 0 aromatic heterocycles. The molecule has 0 saturated heterocycles. The third kappa shape index (κ3) is 17.1. The van der Waals surface area contributed by atoms with E-state index in [4.69, 9.17) is 0 Å². The topological polar surface area (TPSA) is 17.1 Å². The summed E-state index contributed by atoms with van der Waals surface area (Å²) in [5, 5.41) is 0. The van der Waals surface area contributed by atoms with Crippen molar-refractivity contribution in [2.75, 3.05) is 0 Å². The molecule has 0 aliphatic carbocycles. The minimum Gasteiger partial charge on any atom is -0.303 e. The van der Waals surface area contributed by atoms with E-state index in [0.29, 0.717) is 6.42 Å². The van der Waals surface area contributed by atoms with Crippen LogP contribution in [-0.2, 0) is 4.79 Å². The van der Waals surface area contributed by atoms with Crippen LogP contribution in [0, 0.1) is 0 Å². The van der Waals surface area contributed by atoms with Gasteiger partial charge in [-0.3, -0.25) is 0 Å². The highest BCUT2D eigenvalue weighted by Gasteiger charge is 1.90. The second-order valence-electron chi connectivity index (χ2n) is 5.19. The lowest BCUT2D eigenvalue weighted by atomic mass is 10.1. The highest BCUT2D eigenvalue weighted by Crippen LogP contribution is 2.09. The van der Waals surface area contributed by atoms with E-state index in [2.05, 4.69) is 25.2 Å². The molecule has 1 nitrogen and oxygen atoms in total. The van der Waals surface area contributed by atoms with E-state index in [1.54, 1.807) is 0 Å².